The second-order valence-electron chi connectivity index (χ2n) is 5.42. The van der Waals surface area contributed by atoms with Crippen LogP contribution >= 0.6 is 31.9 Å². The zero-order valence-electron chi connectivity index (χ0n) is 13.8. The molecule has 0 radical (unpaired) electrons. The molecule has 0 heterocycles. The molecule has 1 N–H and O–H groups in total. The highest BCUT2D eigenvalue weighted by atomic mass is 79.9. The van der Waals surface area contributed by atoms with Crippen LogP contribution in [0.2, 0.25) is 0 Å². The summed E-state index contributed by atoms with van der Waals surface area (Å²) in [5, 5.41) is 2.69. The van der Waals surface area contributed by atoms with Crippen LogP contribution in [0.5, 0.6) is 5.75 Å². The Labute approximate surface area is 163 Å². The molecule has 0 spiro atoms. The maximum atomic E-state index is 12.0. The van der Waals surface area contributed by atoms with Crippen molar-refractivity contribution in [2.75, 3.05) is 18.5 Å². The summed E-state index contributed by atoms with van der Waals surface area (Å²) in [5.74, 6) is -0.471. The molecule has 2 aromatic carbocycles. The second kappa shape index (κ2) is 9.01. The Hall–Kier alpha value is -1.86. The first-order chi connectivity index (χ1) is 11.8. The molecule has 0 fully saturated rings. The van der Waals surface area contributed by atoms with Gasteiger partial charge in [-0.25, -0.2) is 4.79 Å². The fourth-order valence-corrected chi connectivity index (χ4v) is 3.64. The number of anilines is 1. The van der Waals surface area contributed by atoms with E-state index in [9.17, 15) is 9.59 Å². The van der Waals surface area contributed by atoms with Crippen LogP contribution in [-0.4, -0.2) is 25.1 Å². The summed E-state index contributed by atoms with van der Waals surface area (Å²) in [6.07, 6.45) is 0. The van der Waals surface area contributed by atoms with Crippen molar-refractivity contribution < 1.29 is 19.1 Å². The van der Waals surface area contributed by atoms with Gasteiger partial charge in [0.1, 0.15) is 5.75 Å². The van der Waals surface area contributed by atoms with Crippen LogP contribution in [0, 0.1) is 13.8 Å². The largest absolute Gasteiger partial charge is 0.482 e. The molecule has 0 bridgehead atoms. The first-order valence-corrected chi connectivity index (χ1v) is 9.04. The average molecular weight is 471 g/mol. The number of benzene rings is 2. The van der Waals surface area contributed by atoms with Crippen molar-refractivity contribution in [3.05, 3.63) is 56.5 Å². The van der Waals surface area contributed by atoms with Crippen LogP contribution < -0.4 is 10.1 Å². The highest BCUT2D eigenvalue weighted by Gasteiger charge is 2.13. The lowest BCUT2D eigenvalue weighted by atomic mass is 10.2. The third-order valence-corrected chi connectivity index (χ3v) is 4.41. The van der Waals surface area contributed by atoms with Crippen molar-refractivity contribution in [3.63, 3.8) is 0 Å². The number of nitrogens with one attached hydrogen (secondary N) is 1. The topological polar surface area (TPSA) is 64.6 Å². The van der Waals surface area contributed by atoms with Crippen molar-refractivity contribution in [2.45, 2.75) is 13.8 Å². The van der Waals surface area contributed by atoms with E-state index in [1.54, 1.807) is 6.07 Å². The molecule has 2 aromatic rings. The maximum absolute atomic E-state index is 12.0. The number of carbonyl (C=O) groups excluding carboxylic acids is 2. The van der Waals surface area contributed by atoms with Gasteiger partial charge in [0.2, 0.25) is 0 Å². The van der Waals surface area contributed by atoms with Crippen molar-refractivity contribution in [1.82, 2.24) is 0 Å². The molecule has 132 valence electrons. The highest BCUT2D eigenvalue weighted by molar-refractivity contribution is 9.11. The molecule has 0 aliphatic rings. The van der Waals surface area contributed by atoms with Gasteiger partial charge in [-0.1, -0.05) is 12.1 Å². The fraction of sp³-hybridized carbons (Fsp3) is 0.222. The zero-order valence-corrected chi connectivity index (χ0v) is 16.9. The first-order valence-electron chi connectivity index (χ1n) is 7.45. The SMILES string of the molecule is Cc1cccc(OCC(=O)OCC(=O)Nc2c(Br)cc(C)cc2Br)c1. The molecule has 0 atom stereocenters. The molecule has 1 amide bonds. The van der Waals surface area contributed by atoms with Crippen molar-refractivity contribution in [3.8, 4) is 5.75 Å². The lowest BCUT2D eigenvalue weighted by Crippen LogP contribution is -2.24. The summed E-state index contributed by atoms with van der Waals surface area (Å²) in [7, 11) is 0. The molecular weight excluding hydrogens is 454 g/mol. The Morgan fingerprint density at radius 3 is 2.32 bits per heavy atom. The van der Waals surface area contributed by atoms with Gasteiger partial charge in [-0.2, -0.15) is 0 Å². The smallest absolute Gasteiger partial charge is 0.344 e. The van der Waals surface area contributed by atoms with Crippen LogP contribution in [0.25, 0.3) is 0 Å². The number of aryl methyl sites for hydroxylation is 2. The average Bonchev–Trinajstić information content (AvgIpc) is 2.54. The summed E-state index contributed by atoms with van der Waals surface area (Å²) in [6.45, 7) is 3.23. The summed E-state index contributed by atoms with van der Waals surface area (Å²) in [5.41, 5.74) is 2.65. The van der Waals surface area contributed by atoms with Gasteiger partial charge < -0.3 is 14.8 Å². The third-order valence-electron chi connectivity index (χ3n) is 3.16. The number of amides is 1. The van der Waals surface area contributed by atoms with Crippen LogP contribution in [0.15, 0.2) is 45.3 Å². The summed E-state index contributed by atoms with van der Waals surface area (Å²) >= 11 is 6.78. The second-order valence-corrected chi connectivity index (χ2v) is 7.13. The fourth-order valence-electron chi connectivity index (χ4n) is 2.03. The number of hydrogen-bond acceptors (Lipinski definition) is 4. The van der Waals surface area contributed by atoms with Gasteiger partial charge in [0.15, 0.2) is 13.2 Å². The van der Waals surface area contributed by atoms with E-state index in [4.69, 9.17) is 9.47 Å². The van der Waals surface area contributed by atoms with Crippen LogP contribution in [-0.2, 0) is 14.3 Å². The number of rotatable bonds is 6. The number of hydrogen-bond donors (Lipinski definition) is 1. The van der Waals surface area contributed by atoms with Crippen LogP contribution in [0.1, 0.15) is 11.1 Å². The van der Waals surface area contributed by atoms with Crippen LogP contribution in [0.3, 0.4) is 0 Å². The van der Waals surface area contributed by atoms with E-state index in [0.717, 1.165) is 20.1 Å². The Kier molecular flexibility index (Phi) is 7.01. The lowest BCUT2D eigenvalue weighted by Gasteiger charge is -2.11. The molecule has 0 saturated carbocycles. The monoisotopic (exact) mass is 469 g/mol. The molecule has 0 aliphatic heterocycles. The summed E-state index contributed by atoms with van der Waals surface area (Å²) in [6, 6.07) is 11.1. The molecule has 25 heavy (non-hydrogen) atoms. The number of carbonyl (C=O) groups is 2. The van der Waals surface area contributed by atoms with Gasteiger partial charge in [-0.3, -0.25) is 4.79 Å². The third kappa shape index (κ3) is 6.17. The van der Waals surface area contributed by atoms with Crippen LogP contribution in [0.4, 0.5) is 5.69 Å². The van der Waals surface area contributed by atoms with Gasteiger partial charge in [0.25, 0.3) is 5.91 Å². The minimum atomic E-state index is -0.612. The quantitative estimate of drug-likeness (QED) is 0.636. The Morgan fingerprint density at radius 1 is 1.00 bits per heavy atom. The normalized spacial score (nSPS) is 10.2. The number of halogens is 2. The van der Waals surface area contributed by atoms with Crippen molar-refractivity contribution in [1.29, 1.82) is 0 Å². The molecule has 0 aromatic heterocycles. The molecule has 0 unspecified atom stereocenters. The van der Waals surface area contributed by atoms with E-state index < -0.39 is 11.9 Å². The Morgan fingerprint density at radius 2 is 1.68 bits per heavy atom. The van der Waals surface area contributed by atoms with E-state index in [1.165, 1.54) is 0 Å². The maximum Gasteiger partial charge on any atom is 0.344 e. The molecular formula is C18H17Br2NO4. The van der Waals surface area contributed by atoms with E-state index in [2.05, 4.69) is 37.2 Å². The standard InChI is InChI=1S/C18H17Br2NO4/c1-11-4-3-5-13(6-11)24-10-17(23)25-9-16(22)21-18-14(19)7-12(2)8-15(18)20/h3-8H,9-10H2,1-2H3,(H,21,22). The van der Waals surface area contributed by atoms with Gasteiger partial charge in [-0.15, -0.1) is 0 Å². The number of ether oxygens (including phenoxy) is 2. The van der Waals surface area contributed by atoms with Gasteiger partial charge in [-0.05, 0) is 81.1 Å². The molecule has 0 saturated heterocycles. The van der Waals surface area contributed by atoms with E-state index in [0.29, 0.717) is 11.4 Å². The lowest BCUT2D eigenvalue weighted by molar-refractivity contribution is -0.149. The van der Waals surface area contributed by atoms with E-state index in [1.807, 2.05) is 44.2 Å². The first kappa shape index (κ1) is 19.5. The minimum absolute atomic E-state index is 0.255. The summed E-state index contributed by atoms with van der Waals surface area (Å²) in [4.78, 5) is 23.6. The predicted molar refractivity (Wildman–Crippen MR) is 103 cm³/mol. The van der Waals surface area contributed by atoms with E-state index >= 15 is 0 Å². The Bertz CT molecular complexity index is 769. The zero-order chi connectivity index (χ0) is 18.4. The van der Waals surface area contributed by atoms with Crippen molar-refractivity contribution >= 4 is 49.4 Å². The predicted octanol–water partition coefficient (Wildman–Crippen LogP) is 4.39. The molecule has 5 nitrogen and oxygen atoms in total. The van der Waals surface area contributed by atoms with Crippen molar-refractivity contribution in [2.24, 2.45) is 0 Å². The highest BCUT2D eigenvalue weighted by Crippen LogP contribution is 2.32. The van der Waals surface area contributed by atoms with Gasteiger partial charge in [0.05, 0.1) is 5.69 Å². The summed E-state index contributed by atoms with van der Waals surface area (Å²) < 4.78 is 11.7. The molecule has 2 rings (SSSR count). The minimum Gasteiger partial charge on any atom is -0.482 e. The van der Waals surface area contributed by atoms with Gasteiger partial charge in [0, 0.05) is 8.95 Å². The molecule has 7 heteroatoms. The Balaban J connectivity index is 1.81. The van der Waals surface area contributed by atoms with E-state index in [-0.39, 0.29) is 13.2 Å². The molecule has 0 aliphatic carbocycles. The van der Waals surface area contributed by atoms with Gasteiger partial charge >= 0.3 is 5.97 Å². The number of esters is 1.